The molecule has 2 heterocycles. The van der Waals surface area contributed by atoms with E-state index in [0.717, 1.165) is 36.8 Å². The Morgan fingerprint density at radius 2 is 2.11 bits per heavy atom. The highest BCUT2D eigenvalue weighted by Gasteiger charge is 2.44. The van der Waals surface area contributed by atoms with Gasteiger partial charge in [-0.05, 0) is 55.2 Å². The number of rotatable bonds is 4. The molecule has 2 N–H and O–H groups in total. The van der Waals surface area contributed by atoms with Crippen LogP contribution in [0.3, 0.4) is 0 Å². The summed E-state index contributed by atoms with van der Waals surface area (Å²) >= 11 is 1.39. The van der Waals surface area contributed by atoms with Gasteiger partial charge >= 0.3 is 0 Å². The molecule has 2 saturated carbocycles. The van der Waals surface area contributed by atoms with Gasteiger partial charge in [0.15, 0.2) is 5.01 Å². The van der Waals surface area contributed by atoms with Crippen LogP contribution in [0, 0.1) is 11.8 Å². The number of H-pyrrole nitrogens is 1. The normalized spacial score (nSPS) is 26.5. The molecule has 2 aromatic heterocycles. The molecule has 0 radical (unpaired) electrons. The van der Waals surface area contributed by atoms with Crippen LogP contribution in [0.2, 0.25) is 0 Å². The Morgan fingerprint density at radius 3 is 2.89 bits per heavy atom. The fourth-order valence-corrected chi connectivity index (χ4v) is 5.58. The van der Waals surface area contributed by atoms with Crippen LogP contribution >= 0.6 is 11.3 Å². The van der Waals surface area contributed by atoms with Crippen LogP contribution in [0.5, 0.6) is 5.75 Å². The van der Waals surface area contributed by atoms with Crippen molar-refractivity contribution in [3.63, 3.8) is 0 Å². The molecule has 0 saturated heterocycles. The first-order chi connectivity index (χ1) is 13.6. The van der Waals surface area contributed by atoms with Crippen LogP contribution in [0.25, 0.3) is 21.7 Å². The van der Waals surface area contributed by atoms with E-state index in [9.17, 15) is 9.50 Å². The average Bonchev–Trinajstić information content (AvgIpc) is 3.45. The number of aromatic hydroxyl groups is 1. The number of aromatic nitrogens is 4. The van der Waals surface area contributed by atoms with Crippen molar-refractivity contribution in [3.05, 3.63) is 30.6 Å². The van der Waals surface area contributed by atoms with Crippen molar-refractivity contribution in [2.75, 3.05) is 11.9 Å². The summed E-state index contributed by atoms with van der Waals surface area (Å²) in [5.74, 6) is 0.970. The molecule has 0 amide bonds. The number of hydrogen-bond acceptors (Lipinski definition) is 6. The molecule has 3 aromatic rings. The van der Waals surface area contributed by atoms with Gasteiger partial charge in [0.25, 0.3) is 0 Å². The molecular formula is C20H22FN5OS. The molecule has 8 heteroatoms. The molecule has 0 spiro atoms. The van der Waals surface area contributed by atoms with Crippen LogP contribution in [-0.2, 0) is 0 Å². The van der Waals surface area contributed by atoms with E-state index in [0.29, 0.717) is 21.6 Å². The zero-order chi connectivity index (χ0) is 19.3. The van der Waals surface area contributed by atoms with Gasteiger partial charge < -0.3 is 10.0 Å². The first-order valence-electron chi connectivity index (χ1n) is 9.63. The molecule has 4 atom stereocenters. The van der Waals surface area contributed by atoms with E-state index in [1.54, 1.807) is 18.5 Å². The summed E-state index contributed by atoms with van der Waals surface area (Å²) in [4.78, 5) is 1.95. The second kappa shape index (κ2) is 6.84. The Kier molecular flexibility index (Phi) is 4.30. The van der Waals surface area contributed by atoms with Crippen molar-refractivity contribution in [2.24, 2.45) is 11.8 Å². The second-order valence-corrected chi connectivity index (χ2v) is 8.86. The highest BCUT2D eigenvalue weighted by Crippen LogP contribution is 2.46. The summed E-state index contributed by atoms with van der Waals surface area (Å²) in [6, 6.07) is 5.31. The maximum Gasteiger partial charge on any atom is 0.208 e. The predicted octanol–water partition coefficient (Wildman–Crippen LogP) is 4.26. The molecule has 2 aliphatic carbocycles. The molecular weight excluding hydrogens is 377 g/mol. The number of benzene rings is 1. The number of alkyl halides is 1. The van der Waals surface area contributed by atoms with Gasteiger partial charge in [0.2, 0.25) is 5.13 Å². The first kappa shape index (κ1) is 17.6. The SMILES string of the molecule is CN(c1nnc(-c2ccc(-c3cn[nH]c3)cc2O)s1)[C@@H]1C[C@H]2CC[C@H](C2)[C@@H]1F. The number of halogens is 1. The van der Waals surface area contributed by atoms with Crippen LogP contribution in [0.1, 0.15) is 25.7 Å². The van der Waals surface area contributed by atoms with Crippen molar-refractivity contribution in [3.8, 4) is 27.4 Å². The number of fused-ring (bicyclic) bond motifs is 2. The minimum absolute atomic E-state index is 0.135. The number of aromatic amines is 1. The number of phenolic OH excluding ortho intramolecular Hbond substituents is 1. The van der Waals surface area contributed by atoms with Gasteiger partial charge in [0.1, 0.15) is 11.9 Å². The lowest BCUT2D eigenvalue weighted by Crippen LogP contribution is -2.45. The number of nitrogens with one attached hydrogen (secondary N) is 1. The lowest BCUT2D eigenvalue weighted by molar-refractivity contribution is 0.144. The highest BCUT2D eigenvalue weighted by atomic mass is 32.1. The van der Waals surface area contributed by atoms with Gasteiger partial charge in [-0.2, -0.15) is 5.10 Å². The molecule has 2 aliphatic rings. The van der Waals surface area contributed by atoms with Gasteiger partial charge in [0.05, 0.1) is 17.8 Å². The van der Waals surface area contributed by atoms with E-state index >= 15 is 0 Å². The first-order valence-corrected chi connectivity index (χ1v) is 10.4. The fraction of sp³-hybridized carbons (Fsp3) is 0.450. The lowest BCUT2D eigenvalue weighted by Gasteiger charge is -2.37. The van der Waals surface area contributed by atoms with E-state index < -0.39 is 6.17 Å². The van der Waals surface area contributed by atoms with E-state index in [1.807, 2.05) is 24.1 Å². The van der Waals surface area contributed by atoms with Crippen molar-refractivity contribution in [1.82, 2.24) is 20.4 Å². The Hall–Kier alpha value is -2.48. The number of anilines is 1. The molecule has 6 nitrogen and oxygen atoms in total. The molecule has 146 valence electrons. The molecule has 2 bridgehead atoms. The third-order valence-corrected chi connectivity index (χ3v) is 7.29. The summed E-state index contributed by atoms with van der Waals surface area (Å²) in [7, 11) is 1.91. The van der Waals surface area contributed by atoms with Crippen LogP contribution < -0.4 is 4.90 Å². The number of hydrogen-bond donors (Lipinski definition) is 2. The van der Waals surface area contributed by atoms with Crippen molar-refractivity contribution in [1.29, 1.82) is 0 Å². The molecule has 0 aliphatic heterocycles. The van der Waals surface area contributed by atoms with Gasteiger partial charge in [-0.25, -0.2) is 4.39 Å². The molecule has 1 aromatic carbocycles. The third-order valence-electron chi connectivity index (χ3n) is 6.25. The molecule has 2 fully saturated rings. The Labute approximate surface area is 166 Å². The number of phenols is 1. The van der Waals surface area contributed by atoms with Crippen molar-refractivity contribution in [2.45, 2.75) is 37.9 Å². The summed E-state index contributed by atoms with van der Waals surface area (Å²) in [5.41, 5.74) is 2.40. The summed E-state index contributed by atoms with van der Waals surface area (Å²) in [5, 5.41) is 27.1. The van der Waals surface area contributed by atoms with Crippen LogP contribution in [0.15, 0.2) is 30.6 Å². The quantitative estimate of drug-likeness (QED) is 0.685. The van der Waals surface area contributed by atoms with E-state index in [2.05, 4.69) is 20.4 Å². The zero-order valence-electron chi connectivity index (χ0n) is 15.5. The Bertz CT molecular complexity index is 975. The standard InChI is InChI=1S/C20H22FN5OS/c1-26(16-7-11-2-3-13(6-11)18(16)21)20-25-24-19(28-20)15-5-4-12(8-17(15)27)14-9-22-23-10-14/h4-5,8-11,13,16,18,27H,2-3,6-7H2,1H3,(H,22,23)/t11-,13+,16+,18-/m0/s1. The second-order valence-electron chi connectivity index (χ2n) is 7.91. The lowest BCUT2D eigenvalue weighted by atomic mass is 9.83. The van der Waals surface area contributed by atoms with Gasteiger partial charge in [-0.1, -0.05) is 17.4 Å². The summed E-state index contributed by atoms with van der Waals surface area (Å²) < 4.78 is 14.9. The minimum atomic E-state index is -0.807. The van der Waals surface area contributed by atoms with Crippen LogP contribution in [-0.4, -0.2) is 44.8 Å². The van der Waals surface area contributed by atoms with Crippen molar-refractivity contribution >= 4 is 16.5 Å². The van der Waals surface area contributed by atoms with E-state index in [-0.39, 0.29) is 17.7 Å². The van der Waals surface area contributed by atoms with Gasteiger partial charge in [-0.3, -0.25) is 5.10 Å². The summed E-state index contributed by atoms with van der Waals surface area (Å²) in [6.07, 6.45) is 6.74. The predicted molar refractivity (Wildman–Crippen MR) is 107 cm³/mol. The fourth-order valence-electron chi connectivity index (χ4n) is 4.68. The highest BCUT2D eigenvalue weighted by molar-refractivity contribution is 7.18. The van der Waals surface area contributed by atoms with Gasteiger partial charge in [0, 0.05) is 18.8 Å². The molecule has 28 heavy (non-hydrogen) atoms. The monoisotopic (exact) mass is 399 g/mol. The third kappa shape index (κ3) is 2.96. The van der Waals surface area contributed by atoms with E-state index in [1.165, 1.54) is 11.3 Å². The zero-order valence-corrected chi connectivity index (χ0v) is 16.4. The molecule has 0 unspecified atom stereocenters. The largest absolute Gasteiger partial charge is 0.507 e. The topological polar surface area (TPSA) is 77.9 Å². The Morgan fingerprint density at radius 1 is 1.21 bits per heavy atom. The number of nitrogens with zero attached hydrogens (tertiary/aromatic N) is 4. The van der Waals surface area contributed by atoms with Crippen molar-refractivity contribution < 1.29 is 9.50 Å². The smallest absolute Gasteiger partial charge is 0.208 e. The molecule has 5 rings (SSSR count). The maximum atomic E-state index is 14.9. The minimum Gasteiger partial charge on any atom is -0.507 e. The Balaban J connectivity index is 1.39. The average molecular weight is 399 g/mol. The van der Waals surface area contributed by atoms with E-state index in [4.69, 9.17) is 0 Å². The maximum absolute atomic E-state index is 14.9. The van der Waals surface area contributed by atoms with Crippen LogP contribution in [0.4, 0.5) is 9.52 Å². The summed E-state index contributed by atoms with van der Waals surface area (Å²) in [6.45, 7) is 0. The van der Waals surface area contributed by atoms with Gasteiger partial charge in [-0.15, -0.1) is 10.2 Å².